The van der Waals surface area contributed by atoms with Crippen LogP contribution in [-0.2, 0) is 7.05 Å². The first-order chi connectivity index (χ1) is 8.91. The summed E-state index contributed by atoms with van der Waals surface area (Å²) in [4.78, 5) is 12.1. The summed E-state index contributed by atoms with van der Waals surface area (Å²) in [6.45, 7) is 1.78. The molecule has 100 valence electrons. The number of rotatable bonds is 2. The van der Waals surface area contributed by atoms with Gasteiger partial charge in [-0.1, -0.05) is 40.9 Å². The number of aryl methyl sites for hydroxylation is 1. The molecule has 19 heavy (non-hydrogen) atoms. The van der Waals surface area contributed by atoms with Crippen LogP contribution in [0.5, 0.6) is 0 Å². The summed E-state index contributed by atoms with van der Waals surface area (Å²) in [7, 11) is 1.71. The predicted molar refractivity (Wildman–Crippen MR) is 77.4 cm³/mol. The molecular weight excluding hydrogens is 309 g/mol. The molecule has 4 nitrogen and oxygen atoms in total. The number of carbonyl (C=O) groups excluding carboxylic acids is 1. The van der Waals surface area contributed by atoms with Gasteiger partial charge in [-0.25, -0.2) is 0 Å². The second-order valence-corrected chi connectivity index (χ2v) is 5.09. The molecule has 1 amide bonds. The van der Waals surface area contributed by atoms with Crippen molar-refractivity contribution in [2.24, 2.45) is 7.05 Å². The first-order valence-corrected chi connectivity index (χ1v) is 6.49. The van der Waals surface area contributed by atoms with Crippen molar-refractivity contribution >= 4 is 46.4 Å². The zero-order valence-electron chi connectivity index (χ0n) is 10.2. The van der Waals surface area contributed by atoms with Crippen LogP contribution in [0, 0.1) is 6.92 Å². The van der Waals surface area contributed by atoms with Crippen LogP contribution in [0.3, 0.4) is 0 Å². The van der Waals surface area contributed by atoms with Gasteiger partial charge in [-0.2, -0.15) is 5.10 Å². The Kier molecular flexibility index (Phi) is 4.04. The molecule has 0 saturated carbocycles. The average molecular weight is 319 g/mol. The predicted octanol–water partition coefficient (Wildman–Crippen LogP) is 3.94. The summed E-state index contributed by atoms with van der Waals surface area (Å²) in [6, 6.07) is 4.97. The van der Waals surface area contributed by atoms with Crippen LogP contribution in [0.25, 0.3) is 0 Å². The van der Waals surface area contributed by atoms with Crippen molar-refractivity contribution in [1.29, 1.82) is 0 Å². The number of nitrogens with one attached hydrogen (secondary N) is 1. The molecule has 0 aliphatic heterocycles. The van der Waals surface area contributed by atoms with E-state index in [1.807, 2.05) is 0 Å². The lowest BCUT2D eigenvalue weighted by Gasteiger charge is -2.06. The number of carbonyl (C=O) groups is 1. The maximum atomic E-state index is 12.1. The van der Waals surface area contributed by atoms with Crippen molar-refractivity contribution in [1.82, 2.24) is 9.78 Å². The fraction of sp³-hybridized carbons (Fsp3) is 0.167. The third-order valence-corrected chi connectivity index (χ3v) is 3.95. The Morgan fingerprint density at radius 3 is 2.53 bits per heavy atom. The molecule has 0 fully saturated rings. The van der Waals surface area contributed by atoms with Crippen LogP contribution in [0.15, 0.2) is 18.2 Å². The number of hydrogen-bond donors (Lipinski definition) is 1. The average Bonchev–Trinajstić information content (AvgIpc) is 2.63. The van der Waals surface area contributed by atoms with Crippen LogP contribution in [0.4, 0.5) is 5.69 Å². The lowest BCUT2D eigenvalue weighted by molar-refractivity contribution is 0.102. The Morgan fingerprint density at radius 1 is 1.26 bits per heavy atom. The van der Waals surface area contributed by atoms with E-state index in [4.69, 9.17) is 34.8 Å². The van der Waals surface area contributed by atoms with E-state index in [0.717, 1.165) is 0 Å². The van der Waals surface area contributed by atoms with Gasteiger partial charge >= 0.3 is 0 Å². The highest BCUT2D eigenvalue weighted by atomic mass is 35.5. The highest BCUT2D eigenvalue weighted by molar-refractivity contribution is 6.44. The van der Waals surface area contributed by atoms with Gasteiger partial charge in [0.25, 0.3) is 5.91 Å². The molecule has 1 heterocycles. The summed E-state index contributed by atoms with van der Waals surface area (Å²) in [5.74, 6) is -0.433. The molecule has 0 saturated heterocycles. The van der Waals surface area contributed by atoms with Gasteiger partial charge in [-0.3, -0.25) is 9.48 Å². The molecule has 7 heteroatoms. The zero-order chi connectivity index (χ0) is 14.2. The van der Waals surface area contributed by atoms with Gasteiger partial charge in [0.1, 0.15) is 0 Å². The number of anilines is 1. The zero-order valence-corrected chi connectivity index (χ0v) is 12.4. The van der Waals surface area contributed by atoms with Crippen molar-refractivity contribution in [3.8, 4) is 0 Å². The molecule has 0 aliphatic carbocycles. The second kappa shape index (κ2) is 5.41. The highest BCUT2D eigenvalue weighted by Gasteiger charge is 2.19. The van der Waals surface area contributed by atoms with E-state index in [-0.39, 0.29) is 10.7 Å². The van der Waals surface area contributed by atoms with Crippen molar-refractivity contribution in [3.05, 3.63) is 44.7 Å². The van der Waals surface area contributed by atoms with Gasteiger partial charge in [0.05, 0.1) is 26.4 Å². The number of aromatic nitrogens is 2. The molecule has 2 rings (SSSR count). The van der Waals surface area contributed by atoms with Gasteiger partial charge in [-0.05, 0) is 19.1 Å². The normalized spacial score (nSPS) is 10.6. The third kappa shape index (κ3) is 2.71. The lowest BCUT2D eigenvalue weighted by atomic mass is 10.3. The SMILES string of the molecule is Cc1c(Cl)c(C(=O)Nc2cccc(Cl)c2Cl)nn1C. The Balaban J connectivity index is 2.31. The van der Waals surface area contributed by atoms with Gasteiger partial charge in [0.2, 0.25) is 0 Å². The Hall–Kier alpha value is -1.23. The van der Waals surface area contributed by atoms with Crippen LogP contribution < -0.4 is 5.32 Å². The summed E-state index contributed by atoms with van der Waals surface area (Å²) < 4.78 is 1.54. The summed E-state index contributed by atoms with van der Waals surface area (Å²) in [5.41, 5.74) is 1.28. The van der Waals surface area contributed by atoms with E-state index in [1.165, 1.54) is 4.68 Å². The molecule has 2 aromatic rings. The van der Waals surface area contributed by atoms with E-state index < -0.39 is 5.91 Å². The fourth-order valence-corrected chi connectivity index (χ4v) is 2.10. The molecule has 0 unspecified atom stereocenters. The van der Waals surface area contributed by atoms with Gasteiger partial charge < -0.3 is 5.32 Å². The quantitative estimate of drug-likeness (QED) is 0.911. The van der Waals surface area contributed by atoms with Crippen molar-refractivity contribution in [2.75, 3.05) is 5.32 Å². The summed E-state index contributed by atoms with van der Waals surface area (Å²) >= 11 is 17.9. The Labute approximate surface area is 125 Å². The minimum atomic E-state index is -0.433. The van der Waals surface area contributed by atoms with Gasteiger partial charge in [0.15, 0.2) is 5.69 Å². The van der Waals surface area contributed by atoms with Gasteiger partial charge in [-0.15, -0.1) is 0 Å². The fourth-order valence-electron chi connectivity index (χ4n) is 1.51. The summed E-state index contributed by atoms with van der Waals surface area (Å²) in [5, 5.41) is 7.65. The summed E-state index contributed by atoms with van der Waals surface area (Å²) in [6.07, 6.45) is 0. The molecule has 0 bridgehead atoms. The minimum Gasteiger partial charge on any atom is -0.319 e. The van der Waals surface area contributed by atoms with E-state index >= 15 is 0 Å². The molecule has 1 aromatic heterocycles. The Morgan fingerprint density at radius 2 is 1.95 bits per heavy atom. The second-order valence-electron chi connectivity index (χ2n) is 3.93. The molecule has 0 atom stereocenters. The van der Waals surface area contributed by atoms with Crippen LogP contribution in [-0.4, -0.2) is 15.7 Å². The number of benzene rings is 1. The standard InChI is InChI=1S/C12H10Cl3N3O/c1-6-9(14)11(17-18(6)2)12(19)16-8-5-3-4-7(13)10(8)15/h3-5H,1-2H3,(H,16,19). The van der Waals surface area contributed by atoms with E-state index in [2.05, 4.69) is 10.4 Å². The lowest BCUT2D eigenvalue weighted by Crippen LogP contribution is -2.13. The van der Waals surface area contributed by atoms with Crippen molar-refractivity contribution < 1.29 is 4.79 Å². The van der Waals surface area contributed by atoms with Crippen LogP contribution in [0.1, 0.15) is 16.2 Å². The highest BCUT2D eigenvalue weighted by Crippen LogP contribution is 2.30. The van der Waals surface area contributed by atoms with E-state index in [1.54, 1.807) is 32.2 Å². The smallest absolute Gasteiger partial charge is 0.277 e. The third-order valence-electron chi connectivity index (χ3n) is 2.68. The monoisotopic (exact) mass is 317 g/mol. The number of halogens is 3. The molecule has 0 aliphatic rings. The maximum Gasteiger partial charge on any atom is 0.277 e. The number of hydrogen-bond acceptors (Lipinski definition) is 2. The maximum absolute atomic E-state index is 12.1. The van der Waals surface area contributed by atoms with Crippen molar-refractivity contribution in [2.45, 2.75) is 6.92 Å². The molecule has 0 radical (unpaired) electrons. The Bertz CT molecular complexity index is 652. The topological polar surface area (TPSA) is 46.9 Å². The van der Waals surface area contributed by atoms with Gasteiger partial charge in [0, 0.05) is 7.05 Å². The number of nitrogens with zero attached hydrogens (tertiary/aromatic N) is 2. The first-order valence-electron chi connectivity index (χ1n) is 5.36. The molecule has 1 aromatic carbocycles. The van der Waals surface area contributed by atoms with Crippen LogP contribution >= 0.6 is 34.8 Å². The number of amides is 1. The minimum absolute atomic E-state index is 0.151. The van der Waals surface area contributed by atoms with E-state index in [0.29, 0.717) is 21.4 Å². The first kappa shape index (κ1) is 14.2. The van der Waals surface area contributed by atoms with E-state index in [9.17, 15) is 4.79 Å². The van der Waals surface area contributed by atoms with Crippen LogP contribution in [0.2, 0.25) is 15.1 Å². The molecule has 1 N–H and O–H groups in total. The largest absolute Gasteiger partial charge is 0.319 e. The molecule has 0 spiro atoms. The molecular formula is C12H10Cl3N3O. The van der Waals surface area contributed by atoms with Crippen molar-refractivity contribution in [3.63, 3.8) is 0 Å².